The Morgan fingerprint density at radius 1 is 1.24 bits per heavy atom. The van der Waals surface area contributed by atoms with E-state index < -0.39 is 18.3 Å². The fourth-order valence-electron chi connectivity index (χ4n) is 1.77. The van der Waals surface area contributed by atoms with E-state index in [2.05, 4.69) is 0 Å². The highest BCUT2D eigenvalue weighted by Crippen LogP contribution is 2.27. The summed E-state index contributed by atoms with van der Waals surface area (Å²) in [7, 11) is 0. The van der Waals surface area contributed by atoms with Gasteiger partial charge in [-0.25, -0.2) is 4.39 Å². The molecule has 94 valence electrons. The minimum absolute atomic E-state index is 0.259. The van der Waals surface area contributed by atoms with Crippen LogP contribution < -0.4 is 10.2 Å². The number of ether oxygens (including phenoxy) is 1. The molecule has 1 aliphatic rings. The van der Waals surface area contributed by atoms with Crippen LogP contribution in [0.2, 0.25) is 0 Å². The van der Waals surface area contributed by atoms with Crippen molar-refractivity contribution in [3.8, 4) is 5.75 Å². The second kappa shape index (κ2) is 4.59. The number of halogens is 4. The van der Waals surface area contributed by atoms with Gasteiger partial charge in [0.05, 0.1) is 12.4 Å². The van der Waals surface area contributed by atoms with Crippen LogP contribution in [0.4, 0.5) is 17.3 Å². The van der Waals surface area contributed by atoms with E-state index in [0.717, 1.165) is 31.4 Å². The molecule has 0 aromatic heterocycles. The molecule has 0 unspecified atom stereocenters. The number of hydrogen-bond donors (Lipinski definition) is 0. The second-order valence-corrected chi connectivity index (χ2v) is 4.36. The van der Waals surface area contributed by atoms with Gasteiger partial charge in [-0.1, -0.05) is 11.9 Å². The highest BCUT2D eigenvalue weighted by atomic mass is 19.4. The third kappa shape index (κ3) is 2.93. The fraction of sp³-hybridized carbons (Fsp3) is 0.455. The summed E-state index contributed by atoms with van der Waals surface area (Å²) in [5, 5.41) is 0. The molecule has 17 heavy (non-hydrogen) atoms. The molecule has 0 spiro atoms. The average molecular weight is 247 g/mol. The van der Waals surface area contributed by atoms with E-state index in [-0.39, 0.29) is 12.4 Å². The fourth-order valence-corrected chi connectivity index (χ4v) is 1.77. The van der Waals surface area contributed by atoms with Gasteiger partial charge in [0.25, 0.3) is 0 Å². The van der Waals surface area contributed by atoms with Crippen LogP contribution in [0.1, 0.15) is 19.3 Å². The Labute approximate surface area is 96.8 Å². The van der Waals surface area contributed by atoms with E-state index >= 15 is 0 Å². The summed E-state index contributed by atoms with van der Waals surface area (Å²) in [5.74, 6) is -0.811. The number of rotatable bonds is 4. The van der Waals surface area contributed by atoms with Crippen LogP contribution in [-0.2, 0) is 0 Å². The SMILES string of the molecule is Fc1ccc(OCC2CCC2)c([B-](F)(F)F)c1. The first-order chi connectivity index (χ1) is 7.97. The largest absolute Gasteiger partial charge is 0.513 e. The molecular weight excluding hydrogens is 235 g/mol. The molecule has 0 bridgehead atoms. The predicted molar refractivity (Wildman–Crippen MR) is 57.9 cm³/mol. The van der Waals surface area contributed by atoms with Crippen LogP contribution >= 0.6 is 0 Å². The second-order valence-electron chi connectivity index (χ2n) is 4.36. The van der Waals surface area contributed by atoms with Gasteiger partial charge in [0, 0.05) is 0 Å². The highest BCUT2D eigenvalue weighted by Gasteiger charge is 2.30. The predicted octanol–water partition coefficient (Wildman–Crippen LogP) is 3.06. The summed E-state index contributed by atoms with van der Waals surface area (Å²) in [4.78, 5) is 0. The standard InChI is InChI=1S/C11H12BF4O/c13-9-4-5-11(10(6-9)12(14,15)16)17-7-8-2-1-3-8/h4-6,8H,1-3,7H2/q-1. The van der Waals surface area contributed by atoms with E-state index in [1.807, 2.05) is 0 Å². The molecule has 0 atom stereocenters. The Morgan fingerprint density at radius 2 is 1.94 bits per heavy atom. The Bertz CT molecular complexity index is 401. The van der Waals surface area contributed by atoms with Crippen molar-refractivity contribution < 1.29 is 22.1 Å². The Balaban J connectivity index is 2.13. The molecule has 0 amide bonds. The maximum Gasteiger partial charge on any atom is 0.513 e. The minimum Gasteiger partial charge on any atom is -0.496 e. The Kier molecular flexibility index (Phi) is 3.31. The van der Waals surface area contributed by atoms with Crippen molar-refractivity contribution in [3.63, 3.8) is 0 Å². The van der Waals surface area contributed by atoms with Gasteiger partial charge in [0.2, 0.25) is 0 Å². The lowest BCUT2D eigenvalue weighted by Crippen LogP contribution is -2.36. The van der Waals surface area contributed by atoms with E-state index in [1.54, 1.807) is 0 Å². The van der Waals surface area contributed by atoms with Gasteiger partial charge < -0.3 is 17.7 Å². The summed E-state index contributed by atoms with van der Waals surface area (Å²) in [5.41, 5.74) is -0.982. The van der Waals surface area contributed by atoms with Gasteiger partial charge in [0.15, 0.2) is 0 Å². The molecule has 0 heterocycles. The first-order valence-corrected chi connectivity index (χ1v) is 5.59. The zero-order chi connectivity index (χ0) is 12.5. The monoisotopic (exact) mass is 247 g/mol. The van der Waals surface area contributed by atoms with Crippen molar-refractivity contribution >= 4 is 12.4 Å². The van der Waals surface area contributed by atoms with Crippen molar-refractivity contribution in [2.45, 2.75) is 19.3 Å². The van der Waals surface area contributed by atoms with Crippen molar-refractivity contribution in [1.29, 1.82) is 0 Å². The lowest BCUT2D eigenvalue weighted by atomic mass is 9.79. The molecule has 0 radical (unpaired) electrons. The lowest BCUT2D eigenvalue weighted by Gasteiger charge is -2.27. The molecular formula is C11H12BF4O-. The van der Waals surface area contributed by atoms with Crippen LogP contribution in [0.3, 0.4) is 0 Å². The topological polar surface area (TPSA) is 9.23 Å². The molecule has 1 aliphatic carbocycles. The van der Waals surface area contributed by atoms with Gasteiger partial charge >= 0.3 is 6.98 Å². The lowest BCUT2D eigenvalue weighted by molar-refractivity contribution is 0.181. The maximum absolute atomic E-state index is 12.8. The quantitative estimate of drug-likeness (QED) is 0.586. The summed E-state index contributed by atoms with van der Waals surface area (Å²) in [6.45, 7) is -4.96. The Morgan fingerprint density at radius 3 is 2.47 bits per heavy atom. The normalized spacial score (nSPS) is 16.7. The first-order valence-electron chi connectivity index (χ1n) is 5.59. The molecule has 1 saturated carbocycles. The van der Waals surface area contributed by atoms with Crippen LogP contribution in [0.5, 0.6) is 5.75 Å². The zero-order valence-electron chi connectivity index (χ0n) is 9.14. The zero-order valence-corrected chi connectivity index (χ0v) is 9.14. The molecule has 0 aliphatic heterocycles. The molecule has 0 N–H and O–H groups in total. The van der Waals surface area contributed by atoms with Crippen molar-refractivity contribution in [2.75, 3.05) is 6.61 Å². The maximum atomic E-state index is 12.8. The van der Waals surface area contributed by atoms with Crippen LogP contribution in [0.25, 0.3) is 0 Å². The summed E-state index contributed by atoms with van der Waals surface area (Å²) < 4.78 is 56.0. The molecule has 1 fully saturated rings. The van der Waals surface area contributed by atoms with Gasteiger partial charge in [-0.05, 0) is 37.0 Å². The van der Waals surface area contributed by atoms with Crippen LogP contribution in [-0.4, -0.2) is 13.6 Å². The van der Waals surface area contributed by atoms with Gasteiger partial charge in [-0.15, -0.1) is 0 Å². The number of benzene rings is 1. The van der Waals surface area contributed by atoms with Crippen molar-refractivity contribution in [1.82, 2.24) is 0 Å². The minimum atomic E-state index is -5.24. The first kappa shape index (κ1) is 12.3. The summed E-state index contributed by atoms with van der Waals surface area (Å²) >= 11 is 0. The molecule has 0 saturated heterocycles. The van der Waals surface area contributed by atoms with E-state index in [4.69, 9.17) is 4.74 Å². The van der Waals surface area contributed by atoms with Crippen LogP contribution in [0, 0.1) is 11.7 Å². The van der Waals surface area contributed by atoms with Gasteiger partial charge in [-0.2, -0.15) is 0 Å². The van der Waals surface area contributed by atoms with Crippen LogP contribution in [0.15, 0.2) is 18.2 Å². The van der Waals surface area contributed by atoms with Crippen molar-refractivity contribution in [3.05, 3.63) is 24.0 Å². The third-order valence-electron chi connectivity index (χ3n) is 3.02. The smallest absolute Gasteiger partial charge is 0.496 e. The van der Waals surface area contributed by atoms with Gasteiger partial charge in [0.1, 0.15) is 5.82 Å². The Hall–Kier alpha value is -1.20. The van der Waals surface area contributed by atoms with Crippen molar-refractivity contribution in [2.24, 2.45) is 5.92 Å². The number of hydrogen-bond acceptors (Lipinski definition) is 1. The molecule has 2 rings (SSSR count). The van der Waals surface area contributed by atoms with Gasteiger partial charge in [-0.3, -0.25) is 0 Å². The average Bonchev–Trinajstić information content (AvgIpc) is 2.16. The molecule has 1 nitrogen and oxygen atoms in total. The van der Waals surface area contributed by atoms with E-state index in [0.29, 0.717) is 12.0 Å². The summed E-state index contributed by atoms with van der Waals surface area (Å²) in [6.07, 6.45) is 3.09. The summed E-state index contributed by atoms with van der Waals surface area (Å²) in [6, 6.07) is 2.54. The van der Waals surface area contributed by atoms with E-state index in [1.165, 1.54) is 0 Å². The van der Waals surface area contributed by atoms with E-state index in [9.17, 15) is 17.3 Å². The highest BCUT2D eigenvalue weighted by molar-refractivity contribution is 6.74. The third-order valence-corrected chi connectivity index (χ3v) is 3.02. The molecule has 6 heteroatoms. The molecule has 1 aromatic carbocycles. The molecule has 1 aromatic rings.